The smallest absolute Gasteiger partial charge is 0.0145 e. The predicted molar refractivity (Wildman–Crippen MR) is 45.8 cm³/mol. The van der Waals surface area contributed by atoms with Crippen molar-refractivity contribution >= 4 is 0 Å². The average molecular weight is 136 g/mol. The van der Waals surface area contributed by atoms with E-state index in [9.17, 15) is 0 Å². The molecule has 0 bridgehead atoms. The first-order chi connectivity index (χ1) is 4.72. The summed E-state index contributed by atoms with van der Waals surface area (Å²) in [6.07, 6.45) is 7.00. The van der Waals surface area contributed by atoms with Crippen LogP contribution in [0.25, 0.3) is 0 Å². The van der Waals surface area contributed by atoms with E-state index in [1.807, 2.05) is 0 Å². The molecule has 0 aromatic heterocycles. The van der Waals surface area contributed by atoms with Gasteiger partial charge in [0.2, 0.25) is 0 Å². The van der Waals surface area contributed by atoms with Gasteiger partial charge in [0, 0.05) is 0 Å². The molecule has 0 N–H and O–H groups in total. The van der Waals surface area contributed by atoms with Gasteiger partial charge >= 0.3 is 0 Å². The Morgan fingerprint density at radius 2 is 2.00 bits per heavy atom. The van der Waals surface area contributed by atoms with E-state index in [1.165, 1.54) is 18.4 Å². The molecule has 1 aliphatic rings. The van der Waals surface area contributed by atoms with Crippen LogP contribution in [0.2, 0.25) is 0 Å². The van der Waals surface area contributed by atoms with Gasteiger partial charge in [-0.2, -0.15) is 0 Å². The summed E-state index contributed by atoms with van der Waals surface area (Å²) >= 11 is 0. The van der Waals surface area contributed by atoms with Crippen molar-refractivity contribution in [1.82, 2.24) is 0 Å². The molecule has 0 saturated heterocycles. The molecule has 0 aliphatic heterocycles. The summed E-state index contributed by atoms with van der Waals surface area (Å²) in [4.78, 5) is 0. The molecule has 0 aromatic rings. The molecule has 0 fully saturated rings. The first-order valence-electron chi connectivity index (χ1n) is 4.02. The third-order valence-corrected chi connectivity index (χ3v) is 2.38. The SMILES string of the molecule is C=C(C)[C@H]1CC=CC[C@H]1C. The molecule has 0 heteroatoms. The van der Waals surface area contributed by atoms with E-state index in [1.54, 1.807) is 0 Å². The Hall–Kier alpha value is -0.520. The summed E-state index contributed by atoms with van der Waals surface area (Å²) in [5, 5.41) is 0. The molecule has 0 saturated carbocycles. The van der Waals surface area contributed by atoms with E-state index in [0.717, 1.165) is 11.8 Å². The Balaban J connectivity index is 2.59. The van der Waals surface area contributed by atoms with Crippen molar-refractivity contribution in [3.05, 3.63) is 24.3 Å². The van der Waals surface area contributed by atoms with E-state index in [-0.39, 0.29) is 0 Å². The van der Waals surface area contributed by atoms with Crippen molar-refractivity contribution in [2.24, 2.45) is 11.8 Å². The monoisotopic (exact) mass is 136 g/mol. The summed E-state index contributed by atoms with van der Waals surface area (Å²) in [7, 11) is 0. The van der Waals surface area contributed by atoms with Gasteiger partial charge in [-0.05, 0) is 31.6 Å². The van der Waals surface area contributed by atoms with Gasteiger partial charge in [-0.25, -0.2) is 0 Å². The fourth-order valence-corrected chi connectivity index (χ4v) is 1.64. The fourth-order valence-electron chi connectivity index (χ4n) is 1.64. The highest BCUT2D eigenvalue weighted by molar-refractivity contribution is 5.06. The van der Waals surface area contributed by atoms with Crippen molar-refractivity contribution in [3.63, 3.8) is 0 Å². The summed E-state index contributed by atoms with van der Waals surface area (Å²) in [6.45, 7) is 8.44. The van der Waals surface area contributed by atoms with Gasteiger partial charge in [0.15, 0.2) is 0 Å². The summed E-state index contributed by atoms with van der Waals surface area (Å²) in [5.41, 5.74) is 1.34. The Labute approximate surface area is 63.6 Å². The molecule has 0 unspecified atom stereocenters. The van der Waals surface area contributed by atoms with Crippen LogP contribution < -0.4 is 0 Å². The van der Waals surface area contributed by atoms with Gasteiger partial charge < -0.3 is 0 Å². The first-order valence-corrected chi connectivity index (χ1v) is 4.02. The Morgan fingerprint density at radius 3 is 2.40 bits per heavy atom. The van der Waals surface area contributed by atoms with Crippen molar-refractivity contribution in [1.29, 1.82) is 0 Å². The van der Waals surface area contributed by atoms with Gasteiger partial charge in [-0.1, -0.05) is 31.2 Å². The molecule has 0 heterocycles. The lowest BCUT2D eigenvalue weighted by atomic mass is 9.80. The maximum atomic E-state index is 4.00. The lowest BCUT2D eigenvalue weighted by Crippen LogP contribution is -2.13. The van der Waals surface area contributed by atoms with Crippen LogP contribution in [0.4, 0.5) is 0 Å². The second-order valence-corrected chi connectivity index (χ2v) is 3.37. The second-order valence-electron chi connectivity index (χ2n) is 3.37. The highest BCUT2D eigenvalue weighted by Gasteiger charge is 2.17. The van der Waals surface area contributed by atoms with Crippen LogP contribution in [0.5, 0.6) is 0 Å². The number of hydrogen-bond donors (Lipinski definition) is 0. The third-order valence-electron chi connectivity index (χ3n) is 2.38. The zero-order valence-electron chi connectivity index (χ0n) is 6.93. The van der Waals surface area contributed by atoms with Gasteiger partial charge in [-0.3, -0.25) is 0 Å². The highest BCUT2D eigenvalue weighted by Crippen LogP contribution is 2.29. The molecule has 0 spiro atoms. The molecule has 0 amide bonds. The molecule has 1 rings (SSSR count). The van der Waals surface area contributed by atoms with Gasteiger partial charge in [0.1, 0.15) is 0 Å². The maximum absolute atomic E-state index is 4.00. The molecule has 0 aromatic carbocycles. The normalized spacial score (nSPS) is 32.2. The molecular weight excluding hydrogens is 120 g/mol. The lowest BCUT2D eigenvalue weighted by molar-refractivity contribution is 0.401. The molecule has 10 heavy (non-hydrogen) atoms. The van der Waals surface area contributed by atoms with Crippen molar-refractivity contribution in [2.45, 2.75) is 26.7 Å². The summed E-state index contributed by atoms with van der Waals surface area (Å²) < 4.78 is 0. The van der Waals surface area contributed by atoms with Gasteiger partial charge in [0.05, 0.1) is 0 Å². The molecule has 1 aliphatic carbocycles. The highest BCUT2D eigenvalue weighted by atomic mass is 14.2. The Kier molecular flexibility index (Phi) is 2.31. The number of allylic oxidation sites excluding steroid dienone is 3. The standard InChI is InChI=1S/C10H16/c1-8(2)10-7-5-4-6-9(10)3/h4-5,9-10H,1,6-7H2,2-3H3/t9-,10-/m1/s1. The van der Waals surface area contributed by atoms with Crippen LogP contribution in [0.1, 0.15) is 26.7 Å². The van der Waals surface area contributed by atoms with E-state index < -0.39 is 0 Å². The van der Waals surface area contributed by atoms with Crippen LogP contribution in [0.3, 0.4) is 0 Å². The third kappa shape index (κ3) is 1.50. The number of hydrogen-bond acceptors (Lipinski definition) is 0. The summed E-state index contributed by atoms with van der Waals surface area (Å²) in [5.74, 6) is 1.55. The quantitative estimate of drug-likeness (QED) is 0.486. The van der Waals surface area contributed by atoms with Crippen molar-refractivity contribution in [2.75, 3.05) is 0 Å². The Bertz CT molecular complexity index is 153. The van der Waals surface area contributed by atoms with E-state index in [0.29, 0.717) is 0 Å². The second kappa shape index (κ2) is 3.05. The minimum absolute atomic E-state index is 0.741. The lowest BCUT2D eigenvalue weighted by Gasteiger charge is -2.25. The van der Waals surface area contributed by atoms with Gasteiger partial charge in [-0.15, -0.1) is 0 Å². The fraction of sp³-hybridized carbons (Fsp3) is 0.600. The summed E-state index contributed by atoms with van der Waals surface area (Å²) in [6, 6.07) is 0. The average Bonchev–Trinajstić information content (AvgIpc) is 1.88. The van der Waals surface area contributed by atoms with E-state index in [4.69, 9.17) is 0 Å². The number of rotatable bonds is 1. The van der Waals surface area contributed by atoms with Crippen molar-refractivity contribution < 1.29 is 0 Å². The molecule has 2 atom stereocenters. The van der Waals surface area contributed by atoms with Crippen LogP contribution >= 0.6 is 0 Å². The largest absolute Gasteiger partial charge is 0.0998 e. The zero-order valence-corrected chi connectivity index (χ0v) is 6.93. The minimum atomic E-state index is 0.741. The maximum Gasteiger partial charge on any atom is -0.0145 e. The van der Waals surface area contributed by atoms with Crippen LogP contribution in [0.15, 0.2) is 24.3 Å². The topological polar surface area (TPSA) is 0 Å². The molecular formula is C10H16. The first kappa shape index (κ1) is 7.59. The predicted octanol–water partition coefficient (Wildman–Crippen LogP) is 3.16. The molecule has 0 radical (unpaired) electrons. The van der Waals surface area contributed by atoms with Gasteiger partial charge in [0.25, 0.3) is 0 Å². The minimum Gasteiger partial charge on any atom is -0.0998 e. The van der Waals surface area contributed by atoms with Crippen LogP contribution in [0, 0.1) is 11.8 Å². The Morgan fingerprint density at radius 1 is 1.40 bits per heavy atom. The van der Waals surface area contributed by atoms with Crippen LogP contribution in [-0.4, -0.2) is 0 Å². The molecule has 56 valence electrons. The van der Waals surface area contributed by atoms with E-state index in [2.05, 4.69) is 32.6 Å². The van der Waals surface area contributed by atoms with E-state index >= 15 is 0 Å². The van der Waals surface area contributed by atoms with Crippen molar-refractivity contribution in [3.8, 4) is 0 Å². The zero-order chi connectivity index (χ0) is 7.56. The molecule has 0 nitrogen and oxygen atoms in total. The van der Waals surface area contributed by atoms with Crippen LogP contribution in [-0.2, 0) is 0 Å².